The average molecular weight is 1120 g/mol. The molecule has 0 saturated heterocycles. The topological polar surface area (TPSA) is 48.6 Å². The summed E-state index contributed by atoms with van der Waals surface area (Å²) < 4.78 is 4.84. The molecule has 8 nitrogen and oxygen atoms in total. The summed E-state index contributed by atoms with van der Waals surface area (Å²) in [4.78, 5) is 21.5. The van der Waals surface area contributed by atoms with Crippen LogP contribution in [0.4, 0.5) is 68.2 Å². The van der Waals surface area contributed by atoms with E-state index in [9.17, 15) is 0 Å². The summed E-state index contributed by atoms with van der Waals surface area (Å²) in [6, 6.07) is 110. The third-order valence-corrected chi connectivity index (χ3v) is 18.2. The molecule has 0 aliphatic carbocycles. The first-order chi connectivity index (χ1) is 43.7. The van der Waals surface area contributed by atoms with E-state index in [1.54, 1.807) is 0 Å². The Hall–Kier alpha value is -12.0. The second-order valence-electron chi connectivity index (χ2n) is 22.9. The van der Waals surface area contributed by atoms with Crippen LogP contribution in [0.25, 0.3) is 98.6 Å². The lowest BCUT2D eigenvalue weighted by Gasteiger charge is -2.40. The van der Waals surface area contributed by atoms with Gasteiger partial charge in [0.2, 0.25) is 0 Å². The number of nitrogens with zero attached hydrogens (tertiary/aromatic N) is 8. The number of fused-ring (bicyclic) bond motifs is 17. The molecule has 14 aromatic carbocycles. The first-order valence-electron chi connectivity index (χ1n) is 30.0. The van der Waals surface area contributed by atoms with Crippen molar-refractivity contribution in [1.29, 1.82) is 0 Å². The minimum absolute atomic E-state index is 0.809. The number of anilines is 12. The molecule has 5 heterocycles. The van der Waals surface area contributed by atoms with E-state index >= 15 is 0 Å². The molecule has 0 saturated carbocycles. The van der Waals surface area contributed by atoms with Crippen molar-refractivity contribution in [2.45, 2.75) is 0 Å². The molecule has 0 amide bonds. The van der Waals surface area contributed by atoms with Gasteiger partial charge < -0.3 is 28.7 Å². The quantitative estimate of drug-likeness (QED) is 0.122. The Morgan fingerprint density at radius 3 is 0.795 bits per heavy atom. The highest BCUT2D eigenvalue weighted by Gasteiger charge is 2.33. The molecule has 19 rings (SSSR count). The Labute approximate surface area is 506 Å². The molecule has 410 valence electrons. The van der Waals surface area contributed by atoms with E-state index in [0.29, 0.717) is 0 Å². The largest absolute Gasteiger partial charge is 0.307 e. The lowest BCUT2D eigenvalue weighted by Crippen LogP contribution is -2.23. The maximum atomic E-state index is 5.96. The Kier molecular flexibility index (Phi) is 10.3. The van der Waals surface area contributed by atoms with Gasteiger partial charge in [0.1, 0.15) is 11.0 Å². The Morgan fingerprint density at radius 1 is 0.170 bits per heavy atom. The molecule has 2 aliphatic rings. The molecule has 88 heavy (non-hydrogen) atoms. The molecular formula is C80H50N8. The SMILES string of the molecule is c1ccc(N2c3ccccc3N(c3ccc4c(c3)c3ccccc3n4-c3ccc(-n4c5ccccc5c5cc(N6c7ccccc7N(c7ccccc7)c7ccccc76)ccc54)c4nc5c6ccccc6c6ccccc6c5nc34)c3ccccc32)cc1. The minimum atomic E-state index is 0.809. The normalized spacial score (nSPS) is 12.9. The van der Waals surface area contributed by atoms with E-state index in [4.69, 9.17) is 9.97 Å². The Morgan fingerprint density at radius 2 is 0.443 bits per heavy atom. The monoisotopic (exact) mass is 1120 g/mol. The van der Waals surface area contributed by atoms with Gasteiger partial charge in [0.25, 0.3) is 0 Å². The fraction of sp³-hybridized carbons (Fsp3) is 0. The fourth-order valence-electron chi connectivity index (χ4n) is 14.6. The lowest BCUT2D eigenvalue weighted by molar-refractivity contribution is 1.15. The van der Waals surface area contributed by atoms with Crippen LogP contribution in [0.5, 0.6) is 0 Å². The minimum Gasteiger partial charge on any atom is -0.307 e. The Bertz CT molecular complexity index is 5300. The van der Waals surface area contributed by atoms with Gasteiger partial charge >= 0.3 is 0 Å². The number of benzene rings is 14. The van der Waals surface area contributed by atoms with E-state index in [0.717, 1.165) is 167 Å². The molecule has 0 unspecified atom stereocenters. The first-order valence-corrected chi connectivity index (χ1v) is 30.0. The van der Waals surface area contributed by atoms with Crippen LogP contribution in [0.15, 0.2) is 303 Å². The van der Waals surface area contributed by atoms with E-state index in [1.165, 1.54) is 0 Å². The summed E-state index contributed by atoms with van der Waals surface area (Å²) in [6.45, 7) is 0. The van der Waals surface area contributed by atoms with Gasteiger partial charge in [-0.2, -0.15) is 0 Å². The molecule has 0 spiro atoms. The zero-order chi connectivity index (χ0) is 57.6. The van der Waals surface area contributed by atoms with E-state index < -0.39 is 0 Å². The molecule has 0 radical (unpaired) electrons. The van der Waals surface area contributed by atoms with Crippen LogP contribution in [-0.4, -0.2) is 19.1 Å². The van der Waals surface area contributed by atoms with Crippen LogP contribution in [0, 0.1) is 0 Å². The predicted octanol–water partition coefficient (Wildman–Crippen LogP) is 21.8. The van der Waals surface area contributed by atoms with Crippen LogP contribution in [-0.2, 0) is 0 Å². The third kappa shape index (κ3) is 6.90. The van der Waals surface area contributed by atoms with E-state index in [2.05, 4.69) is 332 Å². The maximum absolute atomic E-state index is 5.96. The number of para-hydroxylation sites is 12. The molecule has 2 aliphatic heterocycles. The highest BCUT2D eigenvalue weighted by molar-refractivity contribution is 6.25. The van der Waals surface area contributed by atoms with Gasteiger partial charge in [-0.25, -0.2) is 9.97 Å². The lowest BCUT2D eigenvalue weighted by atomic mass is 9.99. The van der Waals surface area contributed by atoms with Crippen molar-refractivity contribution in [2.24, 2.45) is 0 Å². The summed E-state index contributed by atoms with van der Waals surface area (Å²) in [6.07, 6.45) is 0. The van der Waals surface area contributed by atoms with Crippen molar-refractivity contribution in [3.8, 4) is 11.4 Å². The van der Waals surface area contributed by atoms with Gasteiger partial charge in [-0.3, -0.25) is 0 Å². The molecule has 0 N–H and O–H groups in total. The van der Waals surface area contributed by atoms with E-state index in [-0.39, 0.29) is 0 Å². The highest BCUT2D eigenvalue weighted by atomic mass is 15.3. The second kappa shape index (κ2) is 18.7. The molecule has 3 aromatic heterocycles. The van der Waals surface area contributed by atoms with Gasteiger partial charge in [-0.05, 0) is 144 Å². The van der Waals surface area contributed by atoms with Crippen LogP contribution in [0.2, 0.25) is 0 Å². The average Bonchev–Trinajstić information content (AvgIpc) is 1.43. The highest BCUT2D eigenvalue weighted by Crippen LogP contribution is 2.57. The van der Waals surface area contributed by atoms with Gasteiger partial charge in [0.15, 0.2) is 0 Å². The van der Waals surface area contributed by atoms with E-state index in [1.807, 2.05) is 0 Å². The predicted molar refractivity (Wildman–Crippen MR) is 367 cm³/mol. The summed E-state index contributed by atoms with van der Waals surface area (Å²) in [5.41, 5.74) is 22.8. The standard InChI is InChI=1S/C80H50N8/c1-3-23-51(24-4-1)83-67-35-15-19-39-71(67)85(72-40-20-16-36-68(72)83)53-43-45-65-61(49-53)57-29-11-13-33-63(57)87(65)75-47-48-76(80-79(75)81-77-59-31-9-7-27-55(59)56-28-8-10-32-60(56)78(77)82-80)88-64-34-14-12-30-58(64)62-50-54(44-46-66(62)88)86-73-41-21-17-37-69(73)84(52-25-5-2-6-26-52)70-38-18-22-42-74(70)86/h1-50H. The third-order valence-electron chi connectivity index (χ3n) is 18.2. The molecule has 0 fully saturated rings. The van der Waals surface area contributed by atoms with Gasteiger partial charge in [-0.15, -0.1) is 0 Å². The summed E-state index contributed by atoms with van der Waals surface area (Å²) >= 11 is 0. The number of aromatic nitrogens is 4. The van der Waals surface area contributed by atoms with Gasteiger partial charge in [0.05, 0.1) is 90.0 Å². The molecule has 0 bridgehead atoms. The molecular weight excluding hydrogens is 1070 g/mol. The van der Waals surface area contributed by atoms with Crippen LogP contribution >= 0.6 is 0 Å². The summed E-state index contributed by atoms with van der Waals surface area (Å²) in [5.74, 6) is 0. The van der Waals surface area contributed by atoms with Crippen LogP contribution in [0.1, 0.15) is 0 Å². The fourth-order valence-corrected chi connectivity index (χ4v) is 14.6. The van der Waals surface area contributed by atoms with Gasteiger partial charge in [-0.1, -0.05) is 170 Å². The van der Waals surface area contributed by atoms with Crippen LogP contribution < -0.4 is 19.6 Å². The van der Waals surface area contributed by atoms with Crippen molar-refractivity contribution in [3.05, 3.63) is 303 Å². The first kappa shape index (κ1) is 48.4. The summed E-state index contributed by atoms with van der Waals surface area (Å²) in [7, 11) is 0. The number of rotatable bonds is 6. The number of hydrogen-bond acceptors (Lipinski definition) is 6. The van der Waals surface area contributed by atoms with Crippen LogP contribution in [0.3, 0.4) is 0 Å². The number of hydrogen-bond donors (Lipinski definition) is 0. The smallest absolute Gasteiger partial charge is 0.116 e. The van der Waals surface area contributed by atoms with Crippen molar-refractivity contribution in [2.75, 3.05) is 19.6 Å². The van der Waals surface area contributed by atoms with Crippen molar-refractivity contribution in [3.63, 3.8) is 0 Å². The molecule has 0 atom stereocenters. The second-order valence-corrected chi connectivity index (χ2v) is 22.9. The molecule has 17 aromatic rings. The van der Waals surface area contributed by atoms with Crippen molar-refractivity contribution in [1.82, 2.24) is 19.1 Å². The Balaban J connectivity index is 0.843. The molecule has 8 heteroatoms. The zero-order valence-corrected chi connectivity index (χ0v) is 47.4. The summed E-state index contributed by atoms with van der Waals surface area (Å²) in [5, 5.41) is 9.02. The van der Waals surface area contributed by atoms with Crippen molar-refractivity contribution < 1.29 is 0 Å². The maximum Gasteiger partial charge on any atom is 0.116 e. The van der Waals surface area contributed by atoms with Gasteiger partial charge in [0, 0.05) is 55.1 Å². The van der Waals surface area contributed by atoms with Crippen molar-refractivity contribution >= 4 is 155 Å². The zero-order valence-electron chi connectivity index (χ0n) is 47.4.